The lowest BCUT2D eigenvalue weighted by molar-refractivity contribution is 0.302. The molecule has 6 rings (SSSR count). The first-order valence-corrected chi connectivity index (χ1v) is 19.9. The highest BCUT2D eigenvalue weighted by atomic mass is 16.5. The van der Waals surface area contributed by atoms with E-state index in [0.29, 0.717) is 13.2 Å². The summed E-state index contributed by atoms with van der Waals surface area (Å²) < 4.78 is 13.1. The van der Waals surface area contributed by atoms with Gasteiger partial charge < -0.3 is 9.47 Å². The lowest BCUT2D eigenvalue weighted by atomic mass is 9.97. The highest BCUT2D eigenvalue weighted by Crippen LogP contribution is 2.39. The molecule has 0 amide bonds. The molecule has 6 aromatic carbocycles. The molecule has 6 aromatic rings. The molecule has 0 aromatic heterocycles. The van der Waals surface area contributed by atoms with Gasteiger partial charge in [-0.15, -0.1) is 0 Å². The largest absolute Gasteiger partial charge is 0.493 e. The predicted octanol–water partition coefficient (Wildman–Crippen LogP) is 14.9. The number of hydrogen-bond donors (Lipinski definition) is 0. The van der Waals surface area contributed by atoms with Gasteiger partial charge in [0.05, 0.1) is 13.2 Å². The van der Waals surface area contributed by atoms with Crippen LogP contribution in [0, 0.1) is 0 Å². The number of hydrogen-bond acceptors (Lipinski definition) is 2. The molecule has 0 bridgehead atoms. The average molecular weight is 711 g/mol. The summed E-state index contributed by atoms with van der Waals surface area (Å²) in [6.45, 7) is 5.88. The third kappa shape index (κ3) is 11.2. The van der Waals surface area contributed by atoms with Gasteiger partial charge in [-0.2, -0.15) is 0 Å². The van der Waals surface area contributed by atoms with E-state index < -0.39 is 0 Å². The van der Waals surface area contributed by atoms with E-state index in [-0.39, 0.29) is 0 Å². The zero-order valence-electron chi connectivity index (χ0n) is 32.1. The molecule has 0 N–H and O–H groups in total. The van der Waals surface area contributed by atoms with Crippen molar-refractivity contribution in [1.29, 1.82) is 0 Å². The Hall–Kier alpha value is -5.60. The molecular formula is C52H54O2. The van der Waals surface area contributed by atoms with Crippen LogP contribution < -0.4 is 9.47 Å². The van der Waals surface area contributed by atoms with Crippen LogP contribution in [-0.4, -0.2) is 13.2 Å². The third-order valence-corrected chi connectivity index (χ3v) is 9.78. The molecule has 54 heavy (non-hydrogen) atoms. The second-order valence-electron chi connectivity index (χ2n) is 14.0. The molecule has 0 aliphatic rings. The van der Waals surface area contributed by atoms with Gasteiger partial charge in [0.15, 0.2) is 0 Å². The first kappa shape index (κ1) is 38.1. The molecule has 2 heteroatoms. The molecular weight excluding hydrogens is 657 g/mol. The molecule has 0 aliphatic carbocycles. The number of rotatable bonds is 19. The molecule has 0 saturated carbocycles. The van der Waals surface area contributed by atoms with Gasteiger partial charge in [-0.1, -0.05) is 198 Å². The first-order chi connectivity index (χ1) is 26.7. The maximum Gasteiger partial charge on any atom is 0.127 e. The normalized spacial score (nSPS) is 11.4. The van der Waals surface area contributed by atoms with Crippen molar-refractivity contribution >= 4 is 24.3 Å². The first-order valence-electron chi connectivity index (χ1n) is 19.9. The van der Waals surface area contributed by atoms with Crippen LogP contribution in [0.1, 0.15) is 87.5 Å². The summed E-state index contributed by atoms with van der Waals surface area (Å²) in [7, 11) is 0. The van der Waals surface area contributed by atoms with E-state index in [2.05, 4.69) is 184 Å². The smallest absolute Gasteiger partial charge is 0.127 e. The van der Waals surface area contributed by atoms with Crippen molar-refractivity contribution in [3.8, 4) is 44.9 Å². The Labute approximate surface area is 323 Å². The van der Waals surface area contributed by atoms with E-state index in [1.54, 1.807) is 0 Å². The number of ether oxygens (including phenoxy) is 2. The maximum atomic E-state index is 6.54. The van der Waals surface area contributed by atoms with Crippen LogP contribution >= 0.6 is 0 Å². The molecule has 0 unspecified atom stereocenters. The van der Waals surface area contributed by atoms with Crippen LogP contribution in [-0.2, 0) is 0 Å². The van der Waals surface area contributed by atoms with Crippen molar-refractivity contribution in [3.63, 3.8) is 0 Å². The summed E-state index contributed by atoms with van der Waals surface area (Å²) in [5.74, 6) is 1.79. The zero-order valence-corrected chi connectivity index (χ0v) is 32.1. The average Bonchev–Trinajstić information content (AvgIpc) is 3.23. The van der Waals surface area contributed by atoms with Crippen molar-refractivity contribution in [1.82, 2.24) is 0 Å². The van der Waals surface area contributed by atoms with Gasteiger partial charge in [0.25, 0.3) is 0 Å². The van der Waals surface area contributed by atoms with Crippen LogP contribution in [0.25, 0.3) is 57.7 Å². The van der Waals surface area contributed by atoms with Crippen molar-refractivity contribution in [2.75, 3.05) is 13.2 Å². The summed E-state index contributed by atoms with van der Waals surface area (Å²) >= 11 is 0. The minimum atomic E-state index is 0.696. The topological polar surface area (TPSA) is 18.5 Å². The standard InChI is InChI=1S/C52H54O2/c1-3-5-7-15-37-53-51-35-29-43(23-21-41-25-31-47(32-26-41)45-17-11-9-12-18-45)39-49(51)50-40-44(30-36-52(50)54-38-16-8-6-4-2)24-22-42-27-33-48(34-28-42)46-19-13-10-14-20-46/h9-14,17-36,39-40H,3-8,15-16,37-38H2,1-2H3/b23-21+,24-22+. The molecule has 274 valence electrons. The van der Waals surface area contributed by atoms with Gasteiger partial charge in [-0.25, -0.2) is 0 Å². The van der Waals surface area contributed by atoms with Gasteiger partial charge >= 0.3 is 0 Å². The molecule has 0 fully saturated rings. The number of benzene rings is 6. The van der Waals surface area contributed by atoms with Crippen molar-refractivity contribution in [3.05, 3.63) is 168 Å². The highest BCUT2D eigenvalue weighted by molar-refractivity contribution is 5.83. The van der Waals surface area contributed by atoms with E-state index in [1.807, 2.05) is 0 Å². The fraction of sp³-hybridized carbons (Fsp3) is 0.231. The molecule has 0 saturated heterocycles. The summed E-state index contributed by atoms with van der Waals surface area (Å²) in [6.07, 6.45) is 18.1. The fourth-order valence-corrected chi connectivity index (χ4v) is 6.62. The van der Waals surface area contributed by atoms with Gasteiger partial charge in [-0.3, -0.25) is 0 Å². The van der Waals surface area contributed by atoms with Crippen molar-refractivity contribution in [2.24, 2.45) is 0 Å². The molecule has 0 heterocycles. The molecule has 0 aliphatic heterocycles. The molecule has 0 radical (unpaired) electrons. The number of unbranched alkanes of at least 4 members (excludes halogenated alkanes) is 6. The molecule has 0 atom stereocenters. The van der Waals surface area contributed by atoms with Crippen LogP contribution in [0.4, 0.5) is 0 Å². The zero-order chi connectivity index (χ0) is 37.2. The van der Waals surface area contributed by atoms with Gasteiger partial charge in [0.1, 0.15) is 11.5 Å². The summed E-state index contributed by atoms with van der Waals surface area (Å²) in [5.41, 5.74) is 11.5. The predicted molar refractivity (Wildman–Crippen MR) is 233 cm³/mol. The lowest BCUT2D eigenvalue weighted by Crippen LogP contribution is -2.02. The highest BCUT2D eigenvalue weighted by Gasteiger charge is 2.14. The Bertz CT molecular complexity index is 1900. The van der Waals surface area contributed by atoms with E-state index in [4.69, 9.17) is 9.47 Å². The fourth-order valence-electron chi connectivity index (χ4n) is 6.62. The minimum Gasteiger partial charge on any atom is -0.493 e. The lowest BCUT2D eigenvalue weighted by Gasteiger charge is -2.17. The Morgan fingerprint density at radius 2 is 0.704 bits per heavy atom. The second-order valence-corrected chi connectivity index (χ2v) is 14.0. The monoisotopic (exact) mass is 710 g/mol. The van der Waals surface area contributed by atoms with Crippen LogP contribution in [0.3, 0.4) is 0 Å². The van der Waals surface area contributed by atoms with E-state index >= 15 is 0 Å². The Morgan fingerprint density at radius 3 is 1.09 bits per heavy atom. The van der Waals surface area contributed by atoms with Crippen LogP contribution in [0.15, 0.2) is 146 Å². The van der Waals surface area contributed by atoms with Crippen LogP contribution in [0.5, 0.6) is 11.5 Å². The van der Waals surface area contributed by atoms with E-state index in [9.17, 15) is 0 Å². The maximum absolute atomic E-state index is 6.54. The quantitative estimate of drug-likeness (QED) is 0.0615. The van der Waals surface area contributed by atoms with Crippen molar-refractivity contribution in [2.45, 2.75) is 65.2 Å². The molecule has 0 spiro atoms. The van der Waals surface area contributed by atoms with Gasteiger partial charge in [-0.05, 0) is 81.6 Å². The van der Waals surface area contributed by atoms with Crippen molar-refractivity contribution < 1.29 is 9.47 Å². The van der Waals surface area contributed by atoms with Gasteiger partial charge in [0, 0.05) is 11.1 Å². The second kappa shape index (κ2) is 20.6. The minimum absolute atomic E-state index is 0.696. The Morgan fingerprint density at radius 1 is 0.352 bits per heavy atom. The van der Waals surface area contributed by atoms with Gasteiger partial charge in [0.2, 0.25) is 0 Å². The summed E-state index contributed by atoms with van der Waals surface area (Å²) in [5, 5.41) is 0. The SMILES string of the molecule is CCCCCCOc1ccc(/C=C/c2ccc(-c3ccccc3)cc2)cc1-c1cc(/C=C/c2ccc(-c3ccccc3)cc2)ccc1OCCCCCC. The van der Waals surface area contributed by atoms with Crippen LogP contribution in [0.2, 0.25) is 0 Å². The van der Waals surface area contributed by atoms with E-state index in [1.165, 1.54) is 60.8 Å². The molecule has 2 nitrogen and oxygen atoms in total. The Balaban J connectivity index is 1.30. The van der Waals surface area contributed by atoms with E-state index in [0.717, 1.165) is 57.7 Å². The summed E-state index contributed by atoms with van der Waals surface area (Å²) in [4.78, 5) is 0. The Kier molecular flexibility index (Phi) is 14.5. The summed E-state index contributed by atoms with van der Waals surface area (Å²) in [6, 6.07) is 51.6. The third-order valence-electron chi connectivity index (χ3n) is 9.78.